The minimum absolute atomic E-state index is 0.176. The molecule has 0 bridgehead atoms. The van der Waals surface area contributed by atoms with Gasteiger partial charge in [-0.25, -0.2) is 4.39 Å². The van der Waals surface area contributed by atoms with Gasteiger partial charge >= 0.3 is 0 Å². The number of aliphatic hydroxyl groups is 1. The summed E-state index contributed by atoms with van der Waals surface area (Å²) in [7, 11) is 0. The molecule has 0 aliphatic rings. The molecule has 0 spiro atoms. The van der Waals surface area contributed by atoms with Gasteiger partial charge < -0.3 is 10.4 Å². The molecule has 0 aliphatic heterocycles. The molecule has 0 radical (unpaired) electrons. The summed E-state index contributed by atoms with van der Waals surface area (Å²) in [5.74, 6) is -0.261. The van der Waals surface area contributed by atoms with E-state index in [1.54, 1.807) is 19.1 Å². The normalized spacial score (nSPS) is 9.73. The van der Waals surface area contributed by atoms with Crippen molar-refractivity contribution in [3.63, 3.8) is 0 Å². The number of anilines is 1. The quantitative estimate of drug-likeness (QED) is 0.634. The lowest BCUT2D eigenvalue weighted by Gasteiger charge is -2.05. The smallest absolute Gasteiger partial charge is 0.128 e. The molecule has 0 aromatic heterocycles. The molecule has 0 saturated heterocycles. The van der Waals surface area contributed by atoms with Crippen LogP contribution in [-0.4, -0.2) is 11.8 Å². The maximum absolute atomic E-state index is 12.8. The van der Waals surface area contributed by atoms with Crippen LogP contribution in [0.4, 0.5) is 10.1 Å². The third kappa shape index (κ3) is 1.68. The standard InChI is InChI=1S/C8H10FNO/c1-6-7(9)3-2-4-8(6)10-5-11/h2-4,10-11H,5H2,1H3. The van der Waals surface area contributed by atoms with Crippen LogP contribution in [0.3, 0.4) is 0 Å². The summed E-state index contributed by atoms with van der Waals surface area (Å²) in [5.41, 5.74) is 1.16. The van der Waals surface area contributed by atoms with Gasteiger partial charge in [-0.3, -0.25) is 0 Å². The molecule has 0 amide bonds. The first-order valence-corrected chi connectivity index (χ1v) is 3.35. The highest BCUT2D eigenvalue weighted by Gasteiger charge is 2.00. The van der Waals surface area contributed by atoms with Crippen molar-refractivity contribution in [2.75, 3.05) is 12.0 Å². The average molecular weight is 155 g/mol. The molecule has 0 fully saturated rings. The first kappa shape index (κ1) is 8.01. The van der Waals surface area contributed by atoms with E-state index >= 15 is 0 Å². The van der Waals surface area contributed by atoms with Gasteiger partial charge in [0.25, 0.3) is 0 Å². The van der Waals surface area contributed by atoms with Crippen molar-refractivity contribution in [2.45, 2.75) is 6.92 Å². The lowest BCUT2D eigenvalue weighted by Crippen LogP contribution is -2.01. The molecule has 0 saturated carbocycles. The number of rotatable bonds is 2. The lowest BCUT2D eigenvalue weighted by atomic mass is 10.2. The van der Waals surface area contributed by atoms with Gasteiger partial charge in [-0.1, -0.05) is 6.07 Å². The van der Waals surface area contributed by atoms with Crippen molar-refractivity contribution in [1.29, 1.82) is 0 Å². The topological polar surface area (TPSA) is 32.3 Å². The second kappa shape index (κ2) is 3.34. The molecule has 0 aliphatic carbocycles. The van der Waals surface area contributed by atoms with Crippen LogP contribution >= 0.6 is 0 Å². The Morgan fingerprint density at radius 3 is 2.91 bits per heavy atom. The fourth-order valence-electron chi connectivity index (χ4n) is 0.884. The maximum Gasteiger partial charge on any atom is 0.128 e. The molecule has 1 aromatic rings. The van der Waals surface area contributed by atoms with Crippen LogP contribution in [0.15, 0.2) is 18.2 Å². The predicted molar refractivity (Wildman–Crippen MR) is 41.8 cm³/mol. The average Bonchev–Trinajstić information content (AvgIpc) is 1.99. The zero-order valence-corrected chi connectivity index (χ0v) is 6.26. The third-order valence-corrected chi connectivity index (χ3v) is 1.54. The Labute approximate surface area is 64.7 Å². The van der Waals surface area contributed by atoms with Crippen LogP contribution in [0.1, 0.15) is 5.56 Å². The molecule has 2 nitrogen and oxygen atoms in total. The van der Waals surface area contributed by atoms with E-state index in [1.807, 2.05) is 0 Å². The number of halogens is 1. The Hall–Kier alpha value is -1.09. The van der Waals surface area contributed by atoms with Gasteiger partial charge in [0.05, 0.1) is 0 Å². The third-order valence-electron chi connectivity index (χ3n) is 1.54. The summed E-state index contributed by atoms with van der Waals surface area (Å²) in [4.78, 5) is 0. The Balaban J connectivity index is 2.96. The van der Waals surface area contributed by atoms with Crippen LogP contribution in [0.5, 0.6) is 0 Å². The lowest BCUT2D eigenvalue weighted by molar-refractivity contribution is 0.325. The number of hydrogen-bond acceptors (Lipinski definition) is 2. The van der Waals surface area contributed by atoms with Crippen LogP contribution in [0.25, 0.3) is 0 Å². The van der Waals surface area contributed by atoms with Crippen molar-refractivity contribution in [3.8, 4) is 0 Å². The minimum atomic E-state index is -0.261. The first-order chi connectivity index (χ1) is 5.25. The van der Waals surface area contributed by atoms with E-state index < -0.39 is 0 Å². The van der Waals surface area contributed by atoms with Gasteiger partial charge in [-0.15, -0.1) is 0 Å². The summed E-state index contributed by atoms with van der Waals surface area (Å²) in [5, 5.41) is 11.1. The van der Waals surface area contributed by atoms with Crippen molar-refractivity contribution < 1.29 is 9.50 Å². The summed E-state index contributed by atoms with van der Waals surface area (Å²) < 4.78 is 12.8. The Bertz CT molecular complexity index is 250. The Morgan fingerprint density at radius 1 is 1.55 bits per heavy atom. The summed E-state index contributed by atoms with van der Waals surface area (Å²) in [6.07, 6.45) is 0. The van der Waals surface area contributed by atoms with E-state index in [0.29, 0.717) is 11.3 Å². The summed E-state index contributed by atoms with van der Waals surface area (Å²) >= 11 is 0. The first-order valence-electron chi connectivity index (χ1n) is 3.35. The molecule has 3 heteroatoms. The molecule has 11 heavy (non-hydrogen) atoms. The van der Waals surface area contributed by atoms with Crippen LogP contribution in [0, 0.1) is 12.7 Å². The largest absolute Gasteiger partial charge is 0.377 e. The second-order valence-corrected chi connectivity index (χ2v) is 2.25. The highest BCUT2D eigenvalue weighted by molar-refractivity contribution is 5.50. The van der Waals surface area contributed by atoms with Gasteiger partial charge in [-0.2, -0.15) is 0 Å². The van der Waals surface area contributed by atoms with Gasteiger partial charge in [-0.05, 0) is 19.1 Å². The van der Waals surface area contributed by atoms with Gasteiger partial charge in [0, 0.05) is 11.3 Å². The Morgan fingerprint density at radius 2 is 2.27 bits per heavy atom. The van der Waals surface area contributed by atoms with E-state index in [1.165, 1.54) is 6.07 Å². The van der Waals surface area contributed by atoms with E-state index in [4.69, 9.17) is 5.11 Å². The molecule has 0 atom stereocenters. The molecule has 60 valence electrons. The molecule has 2 N–H and O–H groups in total. The van der Waals surface area contributed by atoms with E-state index in [0.717, 1.165) is 0 Å². The van der Waals surface area contributed by atoms with E-state index in [2.05, 4.69) is 5.32 Å². The molecule has 0 heterocycles. The fourth-order valence-corrected chi connectivity index (χ4v) is 0.884. The maximum atomic E-state index is 12.8. The number of benzene rings is 1. The van der Waals surface area contributed by atoms with Crippen molar-refractivity contribution in [1.82, 2.24) is 0 Å². The van der Waals surface area contributed by atoms with E-state index in [9.17, 15) is 4.39 Å². The van der Waals surface area contributed by atoms with Crippen LogP contribution in [-0.2, 0) is 0 Å². The number of hydrogen-bond donors (Lipinski definition) is 2. The number of nitrogens with one attached hydrogen (secondary N) is 1. The van der Waals surface area contributed by atoms with Gasteiger partial charge in [0.1, 0.15) is 12.5 Å². The van der Waals surface area contributed by atoms with Crippen molar-refractivity contribution in [3.05, 3.63) is 29.6 Å². The molecule has 1 aromatic carbocycles. The highest BCUT2D eigenvalue weighted by atomic mass is 19.1. The van der Waals surface area contributed by atoms with Gasteiger partial charge in [0.15, 0.2) is 0 Å². The second-order valence-electron chi connectivity index (χ2n) is 2.25. The van der Waals surface area contributed by atoms with Crippen molar-refractivity contribution >= 4 is 5.69 Å². The zero-order chi connectivity index (χ0) is 8.27. The van der Waals surface area contributed by atoms with Crippen LogP contribution in [0.2, 0.25) is 0 Å². The monoisotopic (exact) mass is 155 g/mol. The fraction of sp³-hybridized carbons (Fsp3) is 0.250. The van der Waals surface area contributed by atoms with E-state index in [-0.39, 0.29) is 12.5 Å². The summed E-state index contributed by atoms with van der Waals surface area (Å²) in [6.45, 7) is 1.48. The molecular formula is C8H10FNO. The number of aliphatic hydroxyl groups excluding tert-OH is 1. The zero-order valence-electron chi connectivity index (χ0n) is 6.26. The molecule has 0 unspecified atom stereocenters. The minimum Gasteiger partial charge on any atom is -0.377 e. The Kier molecular flexibility index (Phi) is 2.44. The highest BCUT2D eigenvalue weighted by Crippen LogP contribution is 2.16. The summed E-state index contributed by atoms with van der Waals surface area (Å²) in [6, 6.07) is 4.70. The molecular weight excluding hydrogens is 145 g/mol. The predicted octanol–water partition coefficient (Wildman–Crippen LogP) is 1.50. The van der Waals surface area contributed by atoms with Gasteiger partial charge in [0.2, 0.25) is 0 Å². The van der Waals surface area contributed by atoms with Crippen molar-refractivity contribution in [2.24, 2.45) is 0 Å². The SMILES string of the molecule is Cc1c(F)cccc1NCO. The van der Waals surface area contributed by atoms with Crippen LogP contribution < -0.4 is 5.32 Å². The molecule has 1 rings (SSSR count).